The molecule has 26 heavy (non-hydrogen) atoms. The molecule has 1 N–H and O–H groups in total. The number of nitrogens with zero attached hydrogens (tertiary/aromatic N) is 3. The molecule has 0 unspecified atom stereocenters. The van der Waals surface area contributed by atoms with E-state index in [0.717, 1.165) is 31.4 Å². The Morgan fingerprint density at radius 1 is 1.23 bits per heavy atom. The van der Waals surface area contributed by atoms with Crippen molar-refractivity contribution < 1.29 is 23.1 Å². The molecule has 2 aliphatic heterocycles. The van der Waals surface area contributed by atoms with Gasteiger partial charge in [-0.05, 0) is 43.7 Å². The van der Waals surface area contributed by atoms with Gasteiger partial charge in [0.2, 0.25) is 5.91 Å². The van der Waals surface area contributed by atoms with Crippen molar-refractivity contribution in [3.63, 3.8) is 0 Å². The summed E-state index contributed by atoms with van der Waals surface area (Å²) in [7, 11) is 0. The minimum Gasteiger partial charge on any atom is -0.395 e. The number of piperidine rings is 2. The number of aryl methyl sites for hydroxylation is 1. The number of anilines is 1. The Kier molecular flexibility index (Phi) is 5.14. The molecule has 2 aliphatic rings. The van der Waals surface area contributed by atoms with Gasteiger partial charge in [-0.25, -0.2) is 4.98 Å². The number of rotatable bonds is 3. The SMILES string of the molecule is Cc1cc(C(F)(F)F)cc(N2CCC3(CCC(=O)N(CCO)C3)CC2)n1. The molecule has 0 aromatic carbocycles. The second-order valence-electron chi connectivity index (χ2n) is 7.38. The topological polar surface area (TPSA) is 56.7 Å². The van der Waals surface area contributed by atoms with E-state index in [-0.39, 0.29) is 17.9 Å². The Labute approximate surface area is 150 Å². The minimum atomic E-state index is -4.38. The largest absolute Gasteiger partial charge is 0.416 e. The maximum absolute atomic E-state index is 13.0. The Balaban J connectivity index is 1.71. The summed E-state index contributed by atoms with van der Waals surface area (Å²) in [6.45, 7) is 3.73. The second kappa shape index (κ2) is 7.06. The zero-order valence-electron chi connectivity index (χ0n) is 14.8. The molecule has 1 aromatic heterocycles. The number of β-amino-alcohol motifs (C(OH)–C–C–N with tert-alkyl or cyclic N) is 1. The van der Waals surface area contributed by atoms with Crippen LogP contribution in [0.25, 0.3) is 0 Å². The molecule has 0 bridgehead atoms. The minimum absolute atomic E-state index is 0.00371. The number of pyridine rings is 1. The van der Waals surface area contributed by atoms with Gasteiger partial charge in [-0.15, -0.1) is 0 Å². The summed E-state index contributed by atoms with van der Waals surface area (Å²) >= 11 is 0. The molecule has 0 radical (unpaired) electrons. The fourth-order valence-corrected chi connectivity index (χ4v) is 4.02. The summed E-state index contributed by atoms with van der Waals surface area (Å²) in [6.07, 6.45) is -1.50. The van der Waals surface area contributed by atoms with Crippen molar-refractivity contribution in [3.05, 3.63) is 23.4 Å². The second-order valence-corrected chi connectivity index (χ2v) is 7.38. The van der Waals surface area contributed by atoms with Crippen molar-refractivity contribution in [2.45, 2.75) is 38.8 Å². The molecule has 1 aromatic rings. The van der Waals surface area contributed by atoms with E-state index >= 15 is 0 Å². The highest BCUT2D eigenvalue weighted by molar-refractivity contribution is 5.77. The Bertz CT molecular complexity index is 670. The summed E-state index contributed by atoms with van der Waals surface area (Å²) in [5.41, 5.74) is -0.318. The zero-order chi connectivity index (χ0) is 18.9. The number of alkyl halides is 3. The molecule has 2 saturated heterocycles. The third-order valence-corrected chi connectivity index (χ3v) is 5.53. The fourth-order valence-electron chi connectivity index (χ4n) is 4.02. The van der Waals surface area contributed by atoms with Gasteiger partial charge in [0.1, 0.15) is 5.82 Å². The first-order valence-electron chi connectivity index (χ1n) is 8.92. The Morgan fingerprint density at radius 3 is 2.54 bits per heavy atom. The molecule has 0 atom stereocenters. The van der Waals surface area contributed by atoms with E-state index in [0.29, 0.717) is 44.1 Å². The lowest BCUT2D eigenvalue weighted by Gasteiger charge is -2.47. The van der Waals surface area contributed by atoms with Crippen molar-refractivity contribution in [2.75, 3.05) is 37.7 Å². The van der Waals surface area contributed by atoms with Crippen molar-refractivity contribution in [1.29, 1.82) is 0 Å². The molecule has 3 heterocycles. The highest BCUT2D eigenvalue weighted by atomic mass is 19.4. The average molecular weight is 371 g/mol. The molecule has 2 fully saturated rings. The highest BCUT2D eigenvalue weighted by Gasteiger charge is 2.41. The summed E-state index contributed by atoms with van der Waals surface area (Å²) < 4.78 is 39.1. The van der Waals surface area contributed by atoms with Crippen molar-refractivity contribution in [3.8, 4) is 0 Å². The smallest absolute Gasteiger partial charge is 0.395 e. The highest BCUT2D eigenvalue weighted by Crippen LogP contribution is 2.41. The van der Waals surface area contributed by atoms with Gasteiger partial charge >= 0.3 is 6.18 Å². The molecule has 1 spiro atoms. The quantitative estimate of drug-likeness (QED) is 0.888. The summed E-state index contributed by atoms with van der Waals surface area (Å²) in [5.74, 6) is 0.438. The predicted octanol–water partition coefficient (Wildman–Crippen LogP) is 2.61. The number of carbonyl (C=O) groups is 1. The van der Waals surface area contributed by atoms with Crippen LogP contribution in [0.15, 0.2) is 12.1 Å². The number of halogens is 3. The molecular formula is C18H24F3N3O2. The van der Waals surface area contributed by atoms with E-state index in [1.54, 1.807) is 11.8 Å². The van der Waals surface area contributed by atoms with Crippen LogP contribution in [0, 0.1) is 12.3 Å². The van der Waals surface area contributed by atoms with Crippen LogP contribution in [0.5, 0.6) is 0 Å². The van der Waals surface area contributed by atoms with Crippen LogP contribution in [0.4, 0.5) is 19.0 Å². The predicted molar refractivity (Wildman–Crippen MR) is 90.8 cm³/mol. The monoisotopic (exact) mass is 371 g/mol. The van der Waals surface area contributed by atoms with E-state index in [2.05, 4.69) is 4.98 Å². The number of hydrogen-bond donors (Lipinski definition) is 1. The molecule has 8 heteroatoms. The third-order valence-electron chi connectivity index (χ3n) is 5.53. The average Bonchev–Trinajstić information content (AvgIpc) is 2.58. The zero-order valence-corrected chi connectivity index (χ0v) is 14.8. The van der Waals surface area contributed by atoms with Gasteiger partial charge in [0, 0.05) is 38.3 Å². The Morgan fingerprint density at radius 2 is 1.92 bits per heavy atom. The van der Waals surface area contributed by atoms with E-state index in [1.807, 2.05) is 4.90 Å². The molecule has 1 amide bonds. The summed E-state index contributed by atoms with van der Waals surface area (Å²) in [4.78, 5) is 19.9. The van der Waals surface area contributed by atoms with Gasteiger partial charge in [-0.1, -0.05) is 0 Å². The van der Waals surface area contributed by atoms with E-state index < -0.39 is 11.7 Å². The van der Waals surface area contributed by atoms with Gasteiger partial charge in [0.15, 0.2) is 0 Å². The molecule has 0 aliphatic carbocycles. The van der Waals surface area contributed by atoms with Gasteiger partial charge in [-0.2, -0.15) is 13.2 Å². The van der Waals surface area contributed by atoms with Crippen LogP contribution in [-0.4, -0.2) is 53.7 Å². The lowest BCUT2D eigenvalue weighted by atomic mass is 9.72. The number of aromatic nitrogens is 1. The number of aliphatic hydroxyl groups excluding tert-OH is 1. The normalized spacial score (nSPS) is 20.7. The van der Waals surface area contributed by atoms with E-state index in [9.17, 15) is 18.0 Å². The molecule has 0 saturated carbocycles. The van der Waals surface area contributed by atoms with Crippen LogP contribution in [0.2, 0.25) is 0 Å². The van der Waals surface area contributed by atoms with Gasteiger partial charge in [0.05, 0.1) is 12.2 Å². The van der Waals surface area contributed by atoms with Gasteiger partial charge < -0.3 is 14.9 Å². The first kappa shape index (κ1) is 18.9. The van der Waals surface area contributed by atoms with Crippen LogP contribution in [0.3, 0.4) is 0 Å². The van der Waals surface area contributed by atoms with Crippen LogP contribution >= 0.6 is 0 Å². The number of carbonyl (C=O) groups excluding carboxylic acids is 1. The van der Waals surface area contributed by atoms with E-state index in [1.165, 1.54) is 0 Å². The lowest BCUT2D eigenvalue weighted by Crippen LogP contribution is -2.52. The first-order chi connectivity index (χ1) is 12.2. The van der Waals surface area contributed by atoms with Gasteiger partial charge in [0.25, 0.3) is 0 Å². The lowest BCUT2D eigenvalue weighted by molar-refractivity contribution is -0.139. The Hall–Kier alpha value is -1.83. The third kappa shape index (κ3) is 3.95. The fraction of sp³-hybridized carbons (Fsp3) is 0.667. The summed E-state index contributed by atoms with van der Waals surface area (Å²) in [6, 6.07) is 2.18. The van der Waals surface area contributed by atoms with Crippen LogP contribution in [0.1, 0.15) is 36.9 Å². The maximum Gasteiger partial charge on any atom is 0.416 e. The number of hydrogen-bond acceptors (Lipinski definition) is 4. The number of aliphatic hydroxyl groups is 1. The molecular weight excluding hydrogens is 347 g/mol. The van der Waals surface area contributed by atoms with Crippen molar-refractivity contribution in [1.82, 2.24) is 9.88 Å². The van der Waals surface area contributed by atoms with E-state index in [4.69, 9.17) is 5.11 Å². The summed E-state index contributed by atoms with van der Waals surface area (Å²) in [5, 5.41) is 9.13. The number of amides is 1. The van der Waals surface area contributed by atoms with Crippen LogP contribution < -0.4 is 4.90 Å². The first-order valence-corrected chi connectivity index (χ1v) is 8.92. The standard InChI is InChI=1S/C18H24F3N3O2/c1-13-10-14(18(19,20)21)11-15(22-13)23-6-4-17(5-7-23)3-2-16(26)24(12-17)8-9-25/h10-11,25H,2-9,12H2,1H3. The molecule has 5 nitrogen and oxygen atoms in total. The molecule has 3 rings (SSSR count). The van der Waals surface area contributed by atoms with Crippen LogP contribution in [-0.2, 0) is 11.0 Å². The van der Waals surface area contributed by atoms with Crippen molar-refractivity contribution in [2.24, 2.45) is 5.41 Å². The maximum atomic E-state index is 13.0. The molecule has 144 valence electrons. The van der Waals surface area contributed by atoms with Crippen molar-refractivity contribution >= 4 is 11.7 Å². The van der Waals surface area contributed by atoms with Gasteiger partial charge in [-0.3, -0.25) is 4.79 Å². The number of likely N-dealkylation sites (tertiary alicyclic amines) is 1.